The van der Waals surface area contributed by atoms with E-state index < -0.39 is 5.60 Å². The van der Waals surface area contributed by atoms with Crippen LogP contribution in [0.5, 0.6) is 5.75 Å². The van der Waals surface area contributed by atoms with Gasteiger partial charge >= 0.3 is 6.09 Å². The van der Waals surface area contributed by atoms with Crippen molar-refractivity contribution in [3.8, 4) is 5.75 Å². The second kappa shape index (κ2) is 5.52. The molecule has 1 heterocycles. The van der Waals surface area contributed by atoms with Gasteiger partial charge in [0, 0.05) is 0 Å². The zero-order valence-corrected chi connectivity index (χ0v) is 13.0. The minimum Gasteiger partial charge on any atom is -0.485 e. The molecule has 110 valence electrons. The number of aryl methyl sites for hydroxylation is 1. The average Bonchev–Trinajstić information content (AvgIpc) is 2.24. The normalized spacial score (nSPS) is 15.8. The summed E-state index contributed by atoms with van der Waals surface area (Å²) in [6, 6.07) is 5.65. The molecule has 5 heteroatoms. The minimum atomic E-state index is -0.469. The molecular formula is C15H20ClNO3. The third-order valence-electron chi connectivity index (χ3n) is 2.88. The highest BCUT2D eigenvalue weighted by atomic mass is 35.5. The first-order valence-electron chi connectivity index (χ1n) is 6.65. The first-order chi connectivity index (χ1) is 9.24. The summed E-state index contributed by atoms with van der Waals surface area (Å²) in [4.78, 5) is 13.4. The fraction of sp³-hybridized carbons (Fsp3) is 0.533. The molecule has 0 radical (unpaired) electrons. The lowest BCUT2D eigenvalue weighted by atomic mass is 10.1. The van der Waals surface area contributed by atoms with Gasteiger partial charge in [0.25, 0.3) is 0 Å². The zero-order chi connectivity index (χ0) is 14.9. The van der Waals surface area contributed by atoms with E-state index in [4.69, 9.17) is 21.1 Å². The van der Waals surface area contributed by atoms with Crippen LogP contribution in [0.3, 0.4) is 0 Å². The SMILES string of the molecule is Cc1ccc(Cl)c(OC2CN(C(=O)OC(C)(C)C)C2)c1. The van der Waals surface area contributed by atoms with Gasteiger partial charge in [-0.3, -0.25) is 0 Å². The number of halogens is 1. The monoisotopic (exact) mass is 297 g/mol. The van der Waals surface area contributed by atoms with Gasteiger partial charge in [0.1, 0.15) is 17.5 Å². The summed E-state index contributed by atoms with van der Waals surface area (Å²) in [5.41, 5.74) is 0.621. The summed E-state index contributed by atoms with van der Waals surface area (Å²) in [7, 11) is 0. The molecule has 1 aliphatic heterocycles. The average molecular weight is 298 g/mol. The van der Waals surface area contributed by atoms with Gasteiger partial charge in [-0.15, -0.1) is 0 Å². The third kappa shape index (κ3) is 3.79. The highest BCUT2D eigenvalue weighted by molar-refractivity contribution is 6.32. The first-order valence-corrected chi connectivity index (χ1v) is 7.03. The van der Waals surface area contributed by atoms with Crippen LogP contribution < -0.4 is 4.74 Å². The van der Waals surface area contributed by atoms with Crippen molar-refractivity contribution in [2.45, 2.75) is 39.4 Å². The number of likely N-dealkylation sites (tertiary alicyclic amines) is 1. The minimum absolute atomic E-state index is 0.0261. The second-order valence-corrected chi connectivity index (χ2v) is 6.47. The number of amides is 1. The quantitative estimate of drug-likeness (QED) is 0.836. The van der Waals surface area contributed by atoms with Crippen LogP contribution in [0, 0.1) is 6.92 Å². The van der Waals surface area contributed by atoms with Gasteiger partial charge in [-0.2, -0.15) is 0 Å². The molecule has 0 aromatic heterocycles. The number of benzene rings is 1. The Morgan fingerprint density at radius 2 is 2.00 bits per heavy atom. The number of rotatable bonds is 2. The van der Waals surface area contributed by atoms with Gasteiger partial charge < -0.3 is 14.4 Å². The zero-order valence-electron chi connectivity index (χ0n) is 12.3. The van der Waals surface area contributed by atoms with Gasteiger partial charge in [0.05, 0.1) is 18.1 Å². The molecular weight excluding hydrogens is 278 g/mol. The Balaban J connectivity index is 1.85. The maximum absolute atomic E-state index is 11.8. The first kappa shape index (κ1) is 15.0. The van der Waals surface area contributed by atoms with Gasteiger partial charge in [-0.05, 0) is 45.4 Å². The van der Waals surface area contributed by atoms with Crippen LogP contribution in [-0.4, -0.2) is 35.8 Å². The van der Waals surface area contributed by atoms with E-state index in [2.05, 4.69) is 0 Å². The van der Waals surface area contributed by atoms with Gasteiger partial charge in [0.2, 0.25) is 0 Å². The van der Waals surface area contributed by atoms with Crippen molar-refractivity contribution < 1.29 is 14.3 Å². The fourth-order valence-corrected chi connectivity index (χ4v) is 2.03. The van der Waals surface area contributed by atoms with Crippen molar-refractivity contribution in [1.29, 1.82) is 0 Å². The van der Waals surface area contributed by atoms with E-state index in [-0.39, 0.29) is 12.2 Å². The van der Waals surface area contributed by atoms with Crippen LogP contribution in [0.2, 0.25) is 5.02 Å². The maximum atomic E-state index is 11.8. The molecule has 0 bridgehead atoms. The Morgan fingerprint density at radius 3 is 2.60 bits per heavy atom. The Labute approximate surface area is 124 Å². The van der Waals surface area contributed by atoms with Crippen LogP contribution in [0.15, 0.2) is 18.2 Å². The number of carbonyl (C=O) groups is 1. The Bertz CT molecular complexity index is 504. The topological polar surface area (TPSA) is 38.8 Å². The highest BCUT2D eigenvalue weighted by Gasteiger charge is 2.35. The van der Waals surface area contributed by atoms with Crippen molar-refractivity contribution in [2.24, 2.45) is 0 Å². The van der Waals surface area contributed by atoms with Crippen molar-refractivity contribution in [3.05, 3.63) is 28.8 Å². The van der Waals surface area contributed by atoms with Crippen LogP contribution in [0.4, 0.5) is 4.79 Å². The van der Waals surface area contributed by atoms with E-state index >= 15 is 0 Å². The van der Waals surface area contributed by atoms with Gasteiger partial charge in [-0.25, -0.2) is 4.79 Å². The van der Waals surface area contributed by atoms with E-state index in [1.165, 1.54) is 0 Å². The molecule has 20 heavy (non-hydrogen) atoms. The van der Waals surface area contributed by atoms with Crippen molar-refractivity contribution >= 4 is 17.7 Å². The van der Waals surface area contributed by atoms with E-state index in [9.17, 15) is 4.79 Å². The highest BCUT2D eigenvalue weighted by Crippen LogP contribution is 2.28. The Morgan fingerprint density at radius 1 is 1.35 bits per heavy atom. The third-order valence-corrected chi connectivity index (χ3v) is 3.19. The molecule has 0 spiro atoms. The van der Waals surface area contributed by atoms with Crippen molar-refractivity contribution in [2.75, 3.05) is 13.1 Å². The molecule has 4 nitrogen and oxygen atoms in total. The van der Waals surface area contributed by atoms with Crippen LogP contribution >= 0.6 is 11.6 Å². The van der Waals surface area contributed by atoms with E-state index in [1.54, 1.807) is 4.90 Å². The second-order valence-electron chi connectivity index (χ2n) is 6.06. The number of hydrogen-bond donors (Lipinski definition) is 0. The maximum Gasteiger partial charge on any atom is 0.410 e. The smallest absolute Gasteiger partial charge is 0.410 e. The molecule has 2 rings (SSSR count). The summed E-state index contributed by atoms with van der Waals surface area (Å²) in [6.07, 6.45) is -0.325. The summed E-state index contributed by atoms with van der Waals surface area (Å²) in [5, 5.41) is 0.589. The Kier molecular flexibility index (Phi) is 4.14. The predicted octanol–water partition coefficient (Wildman–Crippen LogP) is 3.65. The van der Waals surface area contributed by atoms with Crippen LogP contribution in [-0.2, 0) is 4.74 Å². The molecule has 1 aliphatic rings. The number of nitrogens with zero attached hydrogens (tertiary/aromatic N) is 1. The summed E-state index contributed by atoms with van der Waals surface area (Å²) < 4.78 is 11.1. The van der Waals surface area contributed by atoms with E-state index in [1.807, 2.05) is 45.9 Å². The molecule has 0 atom stereocenters. The van der Waals surface area contributed by atoms with E-state index in [0.717, 1.165) is 5.56 Å². The van der Waals surface area contributed by atoms with Crippen LogP contribution in [0.1, 0.15) is 26.3 Å². The van der Waals surface area contributed by atoms with Gasteiger partial charge in [0.15, 0.2) is 0 Å². The molecule has 1 amide bonds. The molecule has 0 N–H and O–H groups in total. The number of ether oxygens (including phenoxy) is 2. The molecule has 1 aromatic rings. The van der Waals surface area contributed by atoms with E-state index in [0.29, 0.717) is 23.9 Å². The standard InChI is InChI=1S/C15H20ClNO3/c1-10-5-6-12(16)13(7-10)19-11-8-17(9-11)14(18)20-15(2,3)4/h5-7,11H,8-9H2,1-4H3. The summed E-state index contributed by atoms with van der Waals surface area (Å²) in [5.74, 6) is 0.667. The molecule has 1 fully saturated rings. The lowest BCUT2D eigenvalue weighted by Gasteiger charge is -2.39. The number of carbonyl (C=O) groups excluding carboxylic acids is 1. The number of hydrogen-bond acceptors (Lipinski definition) is 3. The largest absolute Gasteiger partial charge is 0.485 e. The van der Waals surface area contributed by atoms with Crippen molar-refractivity contribution in [3.63, 3.8) is 0 Å². The van der Waals surface area contributed by atoms with Gasteiger partial charge in [-0.1, -0.05) is 17.7 Å². The molecule has 0 unspecified atom stereocenters. The summed E-state index contributed by atoms with van der Waals surface area (Å²) >= 11 is 6.08. The Hall–Kier alpha value is -1.42. The van der Waals surface area contributed by atoms with Crippen molar-refractivity contribution in [1.82, 2.24) is 4.90 Å². The fourth-order valence-electron chi connectivity index (χ4n) is 1.87. The van der Waals surface area contributed by atoms with Crippen LogP contribution in [0.25, 0.3) is 0 Å². The molecule has 0 aliphatic carbocycles. The molecule has 1 saturated heterocycles. The predicted molar refractivity (Wildman–Crippen MR) is 78.4 cm³/mol. The lowest BCUT2D eigenvalue weighted by molar-refractivity contribution is -0.0221. The molecule has 0 saturated carbocycles. The summed E-state index contributed by atoms with van der Waals surface area (Å²) in [6.45, 7) is 8.59. The molecule has 1 aromatic carbocycles. The lowest BCUT2D eigenvalue weighted by Crippen LogP contribution is -2.57.